The van der Waals surface area contributed by atoms with Crippen LogP contribution in [0.4, 0.5) is 5.82 Å². The van der Waals surface area contributed by atoms with Crippen molar-refractivity contribution >= 4 is 39.8 Å². The fraction of sp³-hybridized carbons (Fsp3) is 0.348. The Kier molecular flexibility index (Phi) is 5.10. The van der Waals surface area contributed by atoms with Gasteiger partial charge in [-0.3, -0.25) is 10.2 Å². The summed E-state index contributed by atoms with van der Waals surface area (Å²) >= 11 is 1.31. The number of carbonyl (C=O) groups is 1. The first-order chi connectivity index (χ1) is 15.4. The zero-order valence-corrected chi connectivity index (χ0v) is 18.8. The highest BCUT2D eigenvalue weighted by atomic mass is 32.2. The Bertz CT molecular complexity index is 1160. The van der Waals surface area contributed by atoms with Crippen LogP contribution in [0.5, 0.6) is 0 Å². The summed E-state index contributed by atoms with van der Waals surface area (Å²) in [4.78, 5) is 24.1. The van der Waals surface area contributed by atoms with Crippen molar-refractivity contribution in [2.45, 2.75) is 25.3 Å². The second-order valence-corrected chi connectivity index (χ2v) is 9.68. The lowest BCUT2D eigenvalue weighted by Crippen LogP contribution is -2.67. The van der Waals surface area contributed by atoms with Gasteiger partial charge in [0, 0.05) is 36.5 Å². The Balaban J connectivity index is 1.26. The summed E-state index contributed by atoms with van der Waals surface area (Å²) < 4.78 is 5.28. The molecule has 1 aromatic heterocycles. The molecule has 0 atom stereocenters. The lowest BCUT2D eigenvalue weighted by Gasteiger charge is -2.54. The van der Waals surface area contributed by atoms with E-state index < -0.39 is 0 Å². The molecule has 32 heavy (non-hydrogen) atoms. The standard InChI is InChI=1S/C23H24N6O2S/c1-13(14(2)24)17-18-19(32-20(17)25)21(28-12-27-18)26-7-15-3-5-16(6-4-15)22(30)29-8-23(9-29)10-31-11-23/h3-6,12,24-25H,7-11H2,1-2H3,(H,26,27,28)/b17-13-,24-14?,25-20?. The fourth-order valence-corrected chi connectivity index (χ4v) is 5.21. The van der Waals surface area contributed by atoms with E-state index >= 15 is 0 Å². The van der Waals surface area contributed by atoms with Gasteiger partial charge >= 0.3 is 0 Å². The quantitative estimate of drug-likeness (QED) is 0.604. The Labute approximate surface area is 190 Å². The third-order valence-corrected chi connectivity index (χ3v) is 7.23. The summed E-state index contributed by atoms with van der Waals surface area (Å²) in [6.07, 6.45) is 1.49. The summed E-state index contributed by atoms with van der Waals surface area (Å²) in [6, 6.07) is 7.64. The number of thioether (sulfide) groups is 1. The number of nitrogens with zero attached hydrogens (tertiary/aromatic N) is 3. The number of amides is 1. The number of hydrogen-bond donors (Lipinski definition) is 3. The highest BCUT2D eigenvalue weighted by molar-refractivity contribution is 8.15. The zero-order valence-electron chi connectivity index (χ0n) is 18.0. The molecule has 5 rings (SSSR count). The van der Waals surface area contributed by atoms with Crippen LogP contribution in [-0.4, -0.2) is 57.8 Å². The van der Waals surface area contributed by atoms with Crippen molar-refractivity contribution in [3.8, 4) is 0 Å². The van der Waals surface area contributed by atoms with E-state index in [0.717, 1.165) is 42.3 Å². The minimum absolute atomic E-state index is 0.0711. The van der Waals surface area contributed by atoms with Crippen molar-refractivity contribution in [1.82, 2.24) is 14.9 Å². The maximum Gasteiger partial charge on any atom is 0.253 e. The molecule has 1 spiro atoms. The first-order valence-corrected chi connectivity index (χ1v) is 11.3. The van der Waals surface area contributed by atoms with Gasteiger partial charge in [0.15, 0.2) is 0 Å². The van der Waals surface area contributed by atoms with Crippen LogP contribution in [0.2, 0.25) is 0 Å². The van der Waals surface area contributed by atoms with Crippen molar-refractivity contribution in [3.05, 3.63) is 53.0 Å². The fourth-order valence-electron chi connectivity index (χ4n) is 4.18. The molecule has 2 saturated heterocycles. The van der Waals surface area contributed by atoms with E-state index in [1.807, 2.05) is 36.1 Å². The molecule has 3 aliphatic rings. The normalized spacial score (nSPS) is 19.8. The minimum Gasteiger partial charge on any atom is -0.380 e. The van der Waals surface area contributed by atoms with E-state index in [1.54, 1.807) is 6.92 Å². The van der Waals surface area contributed by atoms with Crippen LogP contribution < -0.4 is 5.32 Å². The largest absolute Gasteiger partial charge is 0.380 e. The highest BCUT2D eigenvalue weighted by Crippen LogP contribution is 2.44. The number of hydrogen-bond acceptors (Lipinski definition) is 8. The lowest BCUT2D eigenvalue weighted by molar-refractivity contribution is -0.176. The summed E-state index contributed by atoms with van der Waals surface area (Å²) in [5.41, 5.74) is 4.53. The molecular formula is C23H24N6O2S. The first kappa shape index (κ1) is 20.8. The number of ether oxygens (including phenoxy) is 1. The second-order valence-electron chi connectivity index (χ2n) is 8.66. The Morgan fingerprint density at radius 2 is 1.94 bits per heavy atom. The zero-order chi connectivity index (χ0) is 22.5. The molecule has 0 aliphatic carbocycles. The number of carbonyl (C=O) groups excluding carboxylic acids is 1. The molecule has 164 valence electrons. The van der Waals surface area contributed by atoms with Crippen LogP contribution in [-0.2, 0) is 11.3 Å². The number of aromatic nitrogens is 2. The van der Waals surface area contributed by atoms with Gasteiger partial charge in [-0.1, -0.05) is 23.9 Å². The molecule has 9 heteroatoms. The topological polar surface area (TPSA) is 115 Å². The molecule has 8 nitrogen and oxygen atoms in total. The van der Waals surface area contributed by atoms with Gasteiger partial charge in [-0.05, 0) is 37.1 Å². The number of likely N-dealkylation sites (tertiary alicyclic amines) is 1. The van der Waals surface area contributed by atoms with Gasteiger partial charge in [-0.2, -0.15) is 0 Å². The van der Waals surface area contributed by atoms with Crippen LogP contribution in [0, 0.1) is 16.2 Å². The summed E-state index contributed by atoms with van der Waals surface area (Å²) in [5, 5.41) is 20.0. The number of fused-ring (bicyclic) bond motifs is 1. The van der Waals surface area contributed by atoms with Gasteiger partial charge < -0.3 is 20.4 Å². The van der Waals surface area contributed by atoms with E-state index in [-0.39, 0.29) is 11.3 Å². The van der Waals surface area contributed by atoms with Crippen molar-refractivity contribution in [2.24, 2.45) is 5.41 Å². The number of anilines is 1. The maximum atomic E-state index is 12.6. The van der Waals surface area contributed by atoms with Crippen LogP contribution in [0.1, 0.15) is 35.5 Å². The van der Waals surface area contributed by atoms with Gasteiger partial charge in [0.2, 0.25) is 0 Å². The predicted molar refractivity (Wildman–Crippen MR) is 125 cm³/mol. The van der Waals surface area contributed by atoms with E-state index in [0.29, 0.717) is 39.9 Å². The van der Waals surface area contributed by atoms with E-state index in [2.05, 4.69) is 15.3 Å². The molecular weight excluding hydrogens is 424 g/mol. The monoisotopic (exact) mass is 448 g/mol. The molecule has 0 radical (unpaired) electrons. The van der Waals surface area contributed by atoms with Gasteiger partial charge in [0.05, 0.1) is 29.2 Å². The Hall–Kier alpha value is -3.04. The Morgan fingerprint density at radius 3 is 2.56 bits per heavy atom. The molecule has 2 aromatic rings. The molecule has 2 fully saturated rings. The predicted octanol–water partition coefficient (Wildman–Crippen LogP) is 3.46. The maximum absolute atomic E-state index is 12.6. The molecule has 3 aliphatic heterocycles. The molecule has 0 unspecified atom stereocenters. The summed E-state index contributed by atoms with van der Waals surface area (Å²) in [7, 11) is 0. The summed E-state index contributed by atoms with van der Waals surface area (Å²) in [5.74, 6) is 0.741. The smallest absolute Gasteiger partial charge is 0.253 e. The third-order valence-electron chi connectivity index (χ3n) is 6.23. The number of nitrogens with one attached hydrogen (secondary N) is 3. The minimum atomic E-state index is 0.0711. The van der Waals surface area contributed by atoms with Gasteiger partial charge in [0.25, 0.3) is 5.91 Å². The van der Waals surface area contributed by atoms with Crippen molar-refractivity contribution < 1.29 is 9.53 Å². The average molecular weight is 449 g/mol. The first-order valence-electron chi connectivity index (χ1n) is 10.5. The van der Waals surface area contributed by atoms with E-state index in [4.69, 9.17) is 15.6 Å². The molecule has 1 aromatic carbocycles. The molecule has 3 N–H and O–H groups in total. The lowest BCUT2D eigenvalue weighted by atomic mass is 9.78. The van der Waals surface area contributed by atoms with Gasteiger partial charge in [0.1, 0.15) is 17.2 Å². The molecule has 0 saturated carbocycles. The average Bonchev–Trinajstić information content (AvgIpc) is 3.06. The Morgan fingerprint density at radius 1 is 1.22 bits per heavy atom. The van der Waals surface area contributed by atoms with Crippen molar-refractivity contribution in [1.29, 1.82) is 10.8 Å². The van der Waals surface area contributed by atoms with Crippen LogP contribution in [0.3, 0.4) is 0 Å². The summed E-state index contributed by atoms with van der Waals surface area (Å²) in [6.45, 7) is 7.21. The van der Waals surface area contributed by atoms with Crippen LogP contribution in [0.15, 0.2) is 41.1 Å². The molecule has 1 amide bonds. The second kappa shape index (κ2) is 7.83. The third kappa shape index (κ3) is 3.51. The van der Waals surface area contributed by atoms with Crippen molar-refractivity contribution in [3.63, 3.8) is 0 Å². The van der Waals surface area contributed by atoms with Crippen molar-refractivity contribution in [2.75, 3.05) is 31.6 Å². The van der Waals surface area contributed by atoms with Gasteiger partial charge in [-0.25, -0.2) is 9.97 Å². The highest BCUT2D eigenvalue weighted by Gasteiger charge is 2.50. The van der Waals surface area contributed by atoms with Gasteiger partial charge in [-0.15, -0.1) is 0 Å². The molecule has 4 heterocycles. The number of rotatable bonds is 5. The van der Waals surface area contributed by atoms with E-state index in [9.17, 15) is 4.79 Å². The number of benzene rings is 1. The SMILES string of the molecule is CC(=N)/C(C)=C1\C(=N)Sc2c(NCc3ccc(C(=O)N4CC5(COC5)C4)cc3)ncnc21. The van der Waals surface area contributed by atoms with E-state index in [1.165, 1.54) is 18.1 Å². The van der Waals surface area contributed by atoms with Crippen LogP contribution >= 0.6 is 11.8 Å². The number of allylic oxidation sites excluding steroid dienone is 1. The molecule has 0 bridgehead atoms. The van der Waals surface area contributed by atoms with Crippen LogP contribution in [0.25, 0.3) is 5.57 Å².